The van der Waals surface area contributed by atoms with E-state index in [2.05, 4.69) is 10.1 Å². The van der Waals surface area contributed by atoms with Crippen molar-refractivity contribution in [2.24, 2.45) is 0 Å². The number of hydrogen-bond donors (Lipinski definition) is 0. The van der Waals surface area contributed by atoms with Crippen molar-refractivity contribution in [1.82, 2.24) is 15.0 Å². The molecule has 0 spiro atoms. The molecule has 0 atom stereocenters. The molecule has 2 aliphatic carbocycles. The van der Waals surface area contributed by atoms with Crippen LogP contribution in [0.1, 0.15) is 50.6 Å². The van der Waals surface area contributed by atoms with Gasteiger partial charge < -0.3 is 9.42 Å². The summed E-state index contributed by atoms with van der Waals surface area (Å²) in [5.74, 6) is 0.207. The molecule has 3 fully saturated rings. The molecule has 1 aromatic carbocycles. The van der Waals surface area contributed by atoms with Crippen LogP contribution in [0.2, 0.25) is 0 Å². The predicted octanol–water partition coefficient (Wildman–Crippen LogP) is 3.99. The topological polar surface area (TPSA) is 49.6 Å². The van der Waals surface area contributed by atoms with E-state index < -0.39 is 5.41 Å². The minimum Gasteiger partial charge on any atom is -0.356 e. The highest BCUT2D eigenvalue weighted by Crippen LogP contribution is 2.50. The molecule has 0 N–H and O–H groups in total. The minimum atomic E-state index is -0.569. The SMILES string of the molecule is O=C(N1CCN(C2CCCCC2)CC1)C1(c2cc(-c3ccccc3F)on2)CC1. The lowest BCUT2D eigenvalue weighted by atomic mass is 9.93. The van der Waals surface area contributed by atoms with Gasteiger partial charge in [-0.1, -0.05) is 36.6 Å². The molecule has 5 rings (SSSR count). The van der Waals surface area contributed by atoms with Gasteiger partial charge in [-0.3, -0.25) is 9.69 Å². The van der Waals surface area contributed by atoms with Gasteiger partial charge in [-0.05, 0) is 37.8 Å². The second kappa shape index (κ2) is 7.56. The van der Waals surface area contributed by atoms with Crippen LogP contribution in [0.5, 0.6) is 0 Å². The van der Waals surface area contributed by atoms with Crippen molar-refractivity contribution in [3.05, 3.63) is 41.8 Å². The monoisotopic (exact) mass is 397 g/mol. The molecular formula is C23H28FN3O2. The molecule has 0 bridgehead atoms. The van der Waals surface area contributed by atoms with E-state index in [9.17, 15) is 9.18 Å². The van der Waals surface area contributed by atoms with E-state index in [4.69, 9.17) is 4.52 Å². The van der Waals surface area contributed by atoms with Crippen LogP contribution in [0.15, 0.2) is 34.9 Å². The number of rotatable bonds is 4. The lowest BCUT2D eigenvalue weighted by Crippen LogP contribution is -2.54. The maximum atomic E-state index is 14.1. The second-order valence-electron chi connectivity index (χ2n) is 8.76. The Kier molecular flexibility index (Phi) is 4.90. The van der Waals surface area contributed by atoms with Crippen LogP contribution < -0.4 is 0 Å². The summed E-state index contributed by atoms with van der Waals surface area (Å²) >= 11 is 0. The average Bonchev–Trinajstić information content (AvgIpc) is 3.44. The minimum absolute atomic E-state index is 0.161. The van der Waals surface area contributed by atoms with E-state index >= 15 is 0 Å². The van der Waals surface area contributed by atoms with Crippen LogP contribution >= 0.6 is 0 Å². The standard InChI is InChI=1S/C23H28FN3O2/c24-19-9-5-4-8-18(19)20-16-21(25-29-20)23(10-11-23)22(28)27-14-12-26(13-15-27)17-6-2-1-3-7-17/h4-5,8-9,16-17H,1-3,6-7,10-15H2. The Morgan fingerprint density at radius 1 is 1.07 bits per heavy atom. The number of nitrogens with zero attached hydrogens (tertiary/aromatic N) is 3. The summed E-state index contributed by atoms with van der Waals surface area (Å²) in [6.45, 7) is 3.50. The summed E-state index contributed by atoms with van der Waals surface area (Å²) in [7, 11) is 0. The Morgan fingerprint density at radius 2 is 1.79 bits per heavy atom. The molecule has 5 nitrogen and oxygen atoms in total. The zero-order valence-electron chi connectivity index (χ0n) is 16.8. The third-order valence-corrected chi connectivity index (χ3v) is 6.99. The van der Waals surface area contributed by atoms with Crippen molar-refractivity contribution in [3.63, 3.8) is 0 Å². The molecule has 0 unspecified atom stereocenters. The maximum Gasteiger partial charge on any atom is 0.235 e. The number of benzene rings is 1. The van der Waals surface area contributed by atoms with Crippen LogP contribution in [-0.2, 0) is 10.2 Å². The fraction of sp³-hybridized carbons (Fsp3) is 0.565. The van der Waals surface area contributed by atoms with Crippen molar-refractivity contribution >= 4 is 5.91 Å². The largest absolute Gasteiger partial charge is 0.356 e. The zero-order valence-corrected chi connectivity index (χ0v) is 16.8. The summed E-state index contributed by atoms with van der Waals surface area (Å²) in [6, 6.07) is 8.95. The molecule has 2 aromatic rings. The second-order valence-corrected chi connectivity index (χ2v) is 8.76. The maximum absolute atomic E-state index is 14.1. The number of aromatic nitrogens is 1. The average molecular weight is 397 g/mol. The first kappa shape index (κ1) is 18.8. The van der Waals surface area contributed by atoms with Crippen LogP contribution in [0.25, 0.3) is 11.3 Å². The Labute approximate surface area is 170 Å². The van der Waals surface area contributed by atoms with Crippen molar-refractivity contribution in [3.8, 4) is 11.3 Å². The Bertz CT molecular complexity index is 878. The molecule has 6 heteroatoms. The number of piperazine rings is 1. The Hall–Kier alpha value is -2.21. The van der Waals surface area contributed by atoms with Gasteiger partial charge in [0.2, 0.25) is 5.91 Å². The first-order valence-electron chi connectivity index (χ1n) is 10.9. The highest BCUT2D eigenvalue weighted by atomic mass is 19.1. The number of hydrogen-bond acceptors (Lipinski definition) is 4. The van der Waals surface area contributed by atoms with Crippen molar-refractivity contribution in [1.29, 1.82) is 0 Å². The van der Waals surface area contributed by atoms with E-state index in [-0.39, 0.29) is 11.7 Å². The van der Waals surface area contributed by atoms with Gasteiger partial charge >= 0.3 is 0 Å². The van der Waals surface area contributed by atoms with Crippen molar-refractivity contribution in [2.75, 3.05) is 26.2 Å². The molecule has 0 radical (unpaired) electrons. The first-order chi connectivity index (χ1) is 14.2. The molecule has 2 saturated carbocycles. The summed E-state index contributed by atoms with van der Waals surface area (Å²) in [4.78, 5) is 17.9. The van der Waals surface area contributed by atoms with E-state index in [1.165, 1.54) is 38.2 Å². The highest BCUT2D eigenvalue weighted by Gasteiger charge is 2.55. The van der Waals surface area contributed by atoms with Crippen LogP contribution in [0, 0.1) is 5.82 Å². The summed E-state index contributed by atoms with van der Waals surface area (Å²) in [5, 5.41) is 4.17. The van der Waals surface area contributed by atoms with E-state index in [1.807, 2.05) is 4.90 Å². The lowest BCUT2D eigenvalue weighted by molar-refractivity contribution is -0.136. The molecule has 29 heavy (non-hydrogen) atoms. The Balaban J connectivity index is 1.27. The smallest absolute Gasteiger partial charge is 0.235 e. The lowest BCUT2D eigenvalue weighted by Gasteiger charge is -2.41. The van der Waals surface area contributed by atoms with Gasteiger partial charge in [0, 0.05) is 38.3 Å². The zero-order chi connectivity index (χ0) is 19.8. The van der Waals surface area contributed by atoms with Crippen LogP contribution in [0.4, 0.5) is 4.39 Å². The molecular weight excluding hydrogens is 369 g/mol. The van der Waals surface area contributed by atoms with Gasteiger partial charge in [-0.2, -0.15) is 0 Å². The molecule has 1 saturated heterocycles. The fourth-order valence-corrected chi connectivity index (χ4v) is 5.03. The number of halogens is 1. The Morgan fingerprint density at radius 3 is 2.48 bits per heavy atom. The molecule has 154 valence electrons. The summed E-state index contributed by atoms with van der Waals surface area (Å²) in [5.41, 5.74) is 0.464. The van der Waals surface area contributed by atoms with Gasteiger partial charge in [0.25, 0.3) is 0 Å². The van der Waals surface area contributed by atoms with Crippen LogP contribution in [-0.4, -0.2) is 53.1 Å². The van der Waals surface area contributed by atoms with Crippen LogP contribution in [0.3, 0.4) is 0 Å². The molecule has 1 aromatic heterocycles. The van der Waals surface area contributed by atoms with Gasteiger partial charge in [-0.25, -0.2) is 4.39 Å². The number of amides is 1. The molecule has 1 amide bonds. The van der Waals surface area contributed by atoms with Gasteiger partial charge in [0.1, 0.15) is 5.82 Å². The quantitative estimate of drug-likeness (QED) is 0.783. The normalized spacial score (nSPS) is 22.6. The number of carbonyl (C=O) groups excluding carboxylic acids is 1. The van der Waals surface area contributed by atoms with Gasteiger partial charge in [0.05, 0.1) is 16.7 Å². The van der Waals surface area contributed by atoms with Gasteiger partial charge in [-0.15, -0.1) is 0 Å². The van der Waals surface area contributed by atoms with E-state index in [0.717, 1.165) is 39.0 Å². The summed E-state index contributed by atoms with van der Waals surface area (Å²) in [6.07, 6.45) is 8.22. The summed E-state index contributed by atoms with van der Waals surface area (Å²) < 4.78 is 19.5. The molecule has 1 aliphatic heterocycles. The number of carbonyl (C=O) groups is 1. The third-order valence-electron chi connectivity index (χ3n) is 6.99. The first-order valence-corrected chi connectivity index (χ1v) is 10.9. The third kappa shape index (κ3) is 3.48. The predicted molar refractivity (Wildman–Crippen MR) is 108 cm³/mol. The van der Waals surface area contributed by atoms with E-state index in [0.29, 0.717) is 23.1 Å². The highest BCUT2D eigenvalue weighted by molar-refractivity contribution is 5.91. The fourth-order valence-electron chi connectivity index (χ4n) is 5.03. The molecule has 3 aliphatic rings. The van der Waals surface area contributed by atoms with Crippen molar-refractivity contribution < 1.29 is 13.7 Å². The van der Waals surface area contributed by atoms with E-state index in [1.54, 1.807) is 24.3 Å². The molecule has 2 heterocycles. The van der Waals surface area contributed by atoms with Crippen molar-refractivity contribution in [2.45, 2.75) is 56.4 Å². The van der Waals surface area contributed by atoms with Gasteiger partial charge in [0.15, 0.2) is 5.76 Å².